The fourth-order valence-corrected chi connectivity index (χ4v) is 2.42. The summed E-state index contributed by atoms with van der Waals surface area (Å²) in [6, 6.07) is 11.2. The molecule has 1 atom stereocenters. The number of aryl methyl sites for hydroxylation is 2. The summed E-state index contributed by atoms with van der Waals surface area (Å²) in [6.07, 6.45) is 0. The molecule has 0 saturated heterocycles. The molecule has 0 fully saturated rings. The third kappa shape index (κ3) is 4.99. The second-order valence-electron chi connectivity index (χ2n) is 5.85. The molecule has 6 nitrogen and oxygen atoms in total. The minimum Gasteiger partial charge on any atom is -0.490 e. The van der Waals surface area contributed by atoms with Crippen molar-refractivity contribution in [3.8, 4) is 11.5 Å². The van der Waals surface area contributed by atoms with Crippen molar-refractivity contribution in [2.75, 3.05) is 13.2 Å². The summed E-state index contributed by atoms with van der Waals surface area (Å²) in [6.45, 7) is 5.86. The first kappa shape index (κ1) is 19.3. The molecule has 0 spiro atoms. The Morgan fingerprint density at radius 2 is 1.69 bits per heavy atom. The lowest BCUT2D eigenvalue weighted by molar-refractivity contribution is -0.142. The van der Waals surface area contributed by atoms with Crippen LogP contribution < -0.4 is 14.8 Å². The number of carboxylic acid groups (broad SMARTS) is 1. The van der Waals surface area contributed by atoms with Gasteiger partial charge >= 0.3 is 5.97 Å². The molecule has 26 heavy (non-hydrogen) atoms. The summed E-state index contributed by atoms with van der Waals surface area (Å²) in [4.78, 5) is 23.8. The van der Waals surface area contributed by atoms with Gasteiger partial charge in [-0.2, -0.15) is 0 Å². The summed E-state index contributed by atoms with van der Waals surface area (Å²) < 4.78 is 10.9. The van der Waals surface area contributed by atoms with Crippen molar-refractivity contribution >= 4 is 11.9 Å². The quantitative estimate of drug-likeness (QED) is 0.759. The van der Waals surface area contributed by atoms with Crippen LogP contribution in [-0.2, 0) is 9.59 Å². The maximum Gasteiger partial charge on any atom is 0.330 e. The van der Waals surface area contributed by atoms with Gasteiger partial charge in [-0.3, -0.25) is 4.79 Å². The first-order valence-electron chi connectivity index (χ1n) is 8.36. The number of hydrogen-bond acceptors (Lipinski definition) is 4. The standard InChI is InChI=1S/C20H23NO5/c1-4-25-16-7-5-6-8-17(16)26-12-18(22)21-19(20(23)24)15-10-9-13(2)14(3)11-15/h5-11,19H,4,12H2,1-3H3,(H,21,22)(H,23,24). The normalized spacial score (nSPS) is 11.5. The minimum absolute atomic E-state index is 0.307. The number of ether oxygens (including phenoxy) is 2. The van der Waals surface area contributed by atoms with Gasteiger partial charge in [0.05, 0.1) is 6.61 Å². The van der Waals surface area contributed by atoms with Crippen LogP contribution in [0.25, 0.3) is 0 Å². The summed E-state index contributed by atoms with van der Waals surface area (Å²) >= 11 is 0. The van der Waals surface area contributed by atoms with Crippen LogP contribution in [0.4, 0.5) is 0 Å². The average Bonchev–Trinajstić information content (AvgIpc) is 2.61. The van der Waals surface area contributed by atoms with Crippen LogP contribution in [-0.4, -0.2) is 30.2 Å². The maximum absolute atomic E-state index is 12.2. The number of rotatable bonds is 8. The van der Waals surface area contributed by atoms with E-state index in [9.17, 15) is 14.7 Å². The van der Waals surface area contributed by atoms with Gasteiger partial charge in [0, 0.05) is 0 Å². The number of nitrogens with one attached hydrogen (secondary N) is 1. The zero-order valence-corrected chi connectivity index (χ0v) is 15.1. The first-order valence-corrected chi connectivity index (χ1v) is 8.36. The van der Waals surface area contributed by atoms with E-state index in [1.807, 2.05) is 26.8 Å². The molecule has 2 N–H and O–H groups in total. The number of carboxylic acids is 1. The molecule has 0 heterocycles. The van der Waals surface area contributed by atoms with Crippen LogP contribution in [0, 0.1) is 13.8 Å². The van der Waals surface area contributed by atoms with Crippen molar-refractivity contribution in [3.05, 3.63) is 59.2 Å². The topological polar surface area (TPSA) is 84.9 Å². The van der Waals surface area contributed by atoms with Crippen LogP contribution in [0.2, 0.25) is 0 Å². The van der Waals surface area contributed by atoms with Crippen molar-refractivity contribution in [1.29, 1.82) is 0 Å². The molecule has 2 rings (SSSR count). The zero-order chi connectivity index (χ0) is 19.1. The van der Waals surface area contributed by atoms with Gasteiger partial charge in [0.2, 0.25) is 0 Å². The largest absolute Gasteiger partial charge is 0.490 e. The lowest BCUT2D eigenvalue weighted by Gasteiger charge is -2.17. The zero-order valence-electron chi connectivity index (χ0n) is 15.1. The second-order valence-corrected chi connectivity index (χ2v) is 5.85. The van der Waals surface area contributed by atoms with Gasteiger partial charge in [0.15, 0.2) is 24.1 Å². The highest BCUT2D eigenvalue weighted by Gasteiger charge is 2.22. The molecule has 0 aliphatic heterocycles. The highest BCUT2D eigenvalue weighted by atomic mass is 16.5. The summed E-state index contributed by atoms with van der Waals surface area (Å²) in [7, 11) is 0. The Morgan fingerprint density at radius 1 is 1.04 bits per heavy atom. The van der Waals surface area contributed by atoms with Crippen LogP contribution >= 0.6 is 0 Å². The van der Waals surface area contributed by atoms with Crippen LogP contribution in [0.1, 0.15) is 29.7 Å². The Bertz CT molecular complexity index is 788. The predicted octanol–water partition coefficient (Wildman–Crippen LogP) is 3.02. The summed E-state index contributed by atoms with van der Waals surface area (Å²) in [5.41, 5.74) is 2.54. The molecule has 6 heteroatoms. The molecular weight excluding hydrogens is 334 g/mol. The molecule has 2 aromatic carbocycles. The Kier molecular flexibility index (Phi) is 6.60. The van der Waals surface area contributed by atoms with Gasteiger partial charge in [0.25, 0.3) is 5.91 Å². The Labute approximate surface area is 152 Å². The van der Waals surface area contributed by atoms with Crippen molar-refractivity contribution in [2.24, 2.45) is 0 Å². The van der Waals surface area contributed by atoms with E-state index in [1.54, 1.807) is 36.4 Å². The molecule has 0 saturated carbocycles. The van der Waals surface area contributed by atoms with Crippen LogP contribution in [0.3, 0.4) is 0 Å². The van der Waals surface area contributed by atoms with E-state index < -0.39 is 17.9 Å². The molecule has 2 aromatic rings. The third-order valence-electron chi connectivity index (χ3n) is 3.92. The molecule has 0 aliphatic rings. The number of amides is 1. The van der Waals surface area contributed by atoms with Gasteiger partial charge in [0.1, 0.15) is 0 Å². The monoisotopic (exact) mass is 357 g/mol. The SMILES string of the molecule is CCOc1ccccc1OCC(=O)NC(C(=O)O)c1ccc(C)c(C)c1. The highest BCUT2D eigenvalue weighted by molar-refractivity contribution is 5.85. The summed E-state index contributed by atoms with van der Waals surface area (Å²) in [5, 5.41) is 12.0. The molecule has 0 bridgehead atoms. The number of aliphatic carboxylic acids is 1. The van der Waals surface area contributed by atoms with E-state index in [-0.39, 0.29) is 6.61 Å². The fraction of sp³-hybridized carbons (Fsp3) is 0.300. The van der Waals surface area contributed by atoms with E-state index in [4.69, 9.17) is 9.47 Å². The minimum atomic E-state index is -1.13. The fourth-order valence-electron chi connectivity index (χ4n) is 2.42. The Hall–Kier alpha value is -3.02. The van der Waals surface area contributed by atoms with E-state index in [0.717, 1.165) is 11.1 Å². The predicted molar refractivity (Wildman–Crippen MR) is 97.5 cm³/mol. The van der Waals surface area contributed by atoms with Crippen molar-refractivity contribution < 1.29 is 24.2 Å². The molecular formula is C20H23NO5. The van der Waals surface area contributed by atoms with Gasteiger partial charge < -0.3 is 19.9 Å². The molecule has 0 aromatic heterocycles. The molecule has 1 amide bonds. The Balaban J connectivity index is 2.04. The maximum atomic E-state index is 12.2. The van der Waals surface area contributed by atoms with Crippen molar-refractivity contribution in [3.63, 3.8) is 0 Å². The van der Waals surface area contributed by atoms with Gasteiger partial charge in [-0.15, -0.1) is 0 Å². The second kappa shape index (κ2) is 8.89. The van der Waals surface area contributed by atoms with E-state index >= 15 is 0 Å². The molecule has 0 radical (unpaired) electrons. The first-order chi connectivity index (χ1) is 12.4. The van der Waals surface area contributed by atoms with E-state index in [2.05, 4.69) is 5.32 Å². The average molecular weight is 357 g/mol. The van der Waals surface area contributed by atoms with Crippen molar-refractivity contribution in [2.45, 2.75) is 26.8 Å². The van der Waals surface area contributed by atoms with Crippen molar-refractivity contribution in [1.82, 2.24) is 5.32 Å². The third-order valence-corrected chi connectivity index (χ3v) is 3.92. The van der Waals surface area contributed by atoms with Gasteiger partial charge in [-0.05, 0) is 49.6 Å². The molecule has 0 aliphatic carbocycles. The van der Waals surface area contributed by atoms with Crippen LogP contribution in [0.5, 0.6) is 11.5 Å². The highest BCUT2D eigenvalue weighted by Crippen LogP contribution is 2.26. The summed E-state index contributed by atoms with van der Waals surface area (Å²) in [5.74, 6) is -0.687. The van der Waals surface area contributed by atoms with E-state index in [1.165, 1.54) is 0 Å². The number of benzene rings is 2. The number of carbonyl (C=O) groups excluding carboxylic acids is 1. The number of carbonyl (C=O) groups is 2. The smallest absolute Gasteiger partial charge is 0.330 e. The molecule has 1 unspecified atom stereocenters. The number of para-hydroxylation sites is 2. The Morgan fingerprint density at radius 3 is 2.27 bits per heavy atom. The lowest BCUT2D eigenvalue weighted by Crippen LogP contribution is -2.36. The molecule has 138 valence electrons. The van der Waals surface area contributed by atoms with Gasteiger partial charge in [-0.25, -0.2) is 4.79 Å². The van der Waals surface area contributed by atoms with Gasteiger partial charge in [-0.1, -0.05) is 30.3 Å². The lowest BCUT2D eigenvalue weighted by atomic mass is 10.0. The van der Waals surface area contributed by atoms with E-state index in [0.29, 0.717) is 23.7 Å². The number of hydrogen-bond donors (Lipinski definition) is 2. The van der Waals surface area contributed by atoms with Crippen LogP contribution in [0.15, 0.2) is 42.5 Å².